The van der Waals surface area contributed by atoms with Crippen LogP contribution in [0.2, 0.25) is 0 Å². The van der Waals surface area contributed by atoms with Crippen LogP contribution in [0.3, 0.4) is 0 Å². The van der Waals surface area contributed by atoms with E-state index in [1.165, 1.54) is 6.42 Å². The lowest BCUT2D eigenvalue weighted by atomic mass is 9.95. The van der Waals surface area contributed by atoms with Crippen molar-refractivity contribution in [3.05, 3.63) is 47.3 Å². The largest absolute Gasteiger partial charge is 0.355 e. The average molecular weight is 450 g/mol. The van der Waals surface area contributed by atoms with Gasteiger partial charge in [-0.15, -0.1) is 11.3 Å². The number of thiophene rings is 1. The van der Waals surface area contributed by atoms with Gasteiger partial charge in [0.1, 0.15) is 4.21 Å². The number of carbonyl (C=O) groups is 2. The lowest BCUT2D eigenvalue weighted by molar-refractivity contribution is -0.122. The standard InChI is InChI=1S/C21H27N3O4S2/c25-19(23-17-5-2-1-3-6-17)12-13-22-20(26)15-16-8-10-18(11-9-16)24-30(27,28)21-7-4-14-29-21/h4,7-11,14,17,24H,1-3,5-6,12-13,15H2,(H,22,26)(H,23,25). The molecular formula is C21H27N3O4S2. The summed E-state index contributed by atoms with van der Waals surface area (Å²) in [5, 5.41) is 7.50. The lowest BCUT2D eigenvalue weighted by Gasteiger charge is -2.22. The van der Waals surface area contributed by atoms with Crippen molar-refractivity contribution in [1.29, 1.82) is 0 Å². The van der Waals surface area contributed by atoms with Gasteiger partial charge in [0.2, 0.25) is 11.8 Å². The Balaban J connectivity index is 1.39. The highest BCUT2D eigenvalue weighted by Gasteiger charge is 2.16. The molecule has 1 aliphatic rings. The summed E-state index contributed by atoms with van der Waals surface area (Å²) >= 11 is 1.15. The van der Waals surface area contributed by atoms with E-state index in [0.29, 0.717) is 12.2 Å². The van der Waals surface area contributed by atoms with Crippen LogP contribution in [0.1, 0.15) is 44.1 Å². The Kier molecular flexibility index (Phi) is 7.87. The molecule has 2 amide bonds. The van der Waals surface area contributed by atoms with Gasteiger partial charge in [0, 0.05) is 24.7 Å². The van der Waals surface area contributed by atoms with Gasteiger partial charge in [0.05, 0.1) is 6.42 Å². The molecule has 2 aromatic rings. The quantitative estimate of drug-likeness (QED) is 0.547. The summed E-state index contributed by atoms with van der Waals surface area (Å²) in [4.78, 5) is 24.1. The second kappa shape index (κ2) is 10.6. The highest BCUT2D eigenvalue weighted by Crippen LogP contribution is 2.20. The van der Waals surface area contributed by atoms with E-state index >= 15 is 0 Å². The molecular weight excluding hydrogens is 422 g/mol. The van der Waals surface area contributed by atoms with Crippen LogP contribution in [0.15, 0.2) is 46.0 Å². The Labute approximate surface area is 181 Å². The first kappa shape index (κ1) is 22.3. The van der Waals surface area contributed by atoms with E-state index in [-0.39, 0.29) is 34.9 Å². The van der Waals surface area contributed by atoms with E-state index in [1.807, 2.05) is 0 Å². The van der Waals surface area contributed by atoms with Crippen molar-refractivity contribution in [1.82, 2.24) is 10.6 Å². The van der Waals surface area contributed by atoms with Gasteiger partial charge in [-0.1, -0.05) is 37.5 Å². The van der Waals surface area contributed by atoms with Crippen molar-refractivity contribution >= 4 is 38.9 Å². The van der Waals surface area contributed by atoms with Gasteiger partial charge >= 0.3 is 0 Å². The van der Waals surface area contributed by atoms with Crippen LogP contribution in [0.4, 0.5) is 5.69 Å². The molecule has 3 rings (SSSR count). The smallest absolute Gasteiger partial charge is 0.271 e. The number of hydrogen-bond donors (Lipinski definition) is 3. The third kappa shape index (κ3) is 6.84. The Morgan fingerprint density at radius 1 is 1.00 bits per heavy atom. The summed E-state index contributed by atoms with van der Waals surface area (Å²) in [7, 11) is -3.59. The van der Waals surface area contributed by atoms with E-state index in [2.05, 4.69) is 15.4 Å². The van der Waals surface area contributed by atoms with Crippen LogP contribution >= 0.6 is 11.3 Å². The van der Waals surface area contributed by atoms with Gasteiger partial charge < -0.3 is 10.6 Å². The maximum atomic E-state index is 12.2. The monoisotopic (exact) mass is 449 g/mol. The van der Waals surface area contributed by atoms with Crippen LogP contribution in [0.25, 0.3) is 0 Å². The molecule has 0 atom stereocenters. The Morgan fingerprint density at radius 2 is 1.73 bits per heavy atom. The van der Waals surface area contributed by atoms with Gasteiger partial charge in [-0.05, 0) is 42.0 Å². The molecule has 30 heavy (non-hydrogen) atoms. The van der Waals surface area contributed by atoms with Crippen molar-refractivity contribution in [3.63, 3.8) is 0 Å². The fourth-order valence-corrected chi connectivity index (χ4v) is 5.47. The zero-order valence-electron chi connectivity index (χ0n) is 16.7. The molecule has 1 aromatic carbocycles. The molecule has 7 nitrogen and oxygen atoms in total. The third-order valence-corrected chi connectivity index (χ3v) is 7.75. The fraction of sp³-hybridized carbons (Fsp3) is 0.429. The number of sulfonamides is 1. The molecule has 0 bridgehead atoms. The van der Waals surface area contributed by atoms with Gasteiger partial charge in [-0.2, -0.15) is 0 Å². The number of hydrogen-bond acceptors (Lipinski definition) is 5. The number of nitrogens with one attached hydrogen (secondary N) is 3. The molecule has 0 aliphatic heterocycles. The maximum Gasteiger partial charge on any atom is 0.271 e. The van der Waals surface area contributed by atoms with E-state index < -0.39 is 10.0 Å². The number of benzene rings is 1. The topological polar surface area (TPSA) is 104 Å². The van der Waals surface area contributed by atoms with Crippen LogP contribution < -0.4 is 15.4 Å². The molecule has 1 aliphatic carbocycles. The predicted molar refractivity (Wildman–Crippen MR) is 118 cm³/mol. The lowest BCUT2D eigenvalue weighted by Crippen LogP contribution is -2.38. The van der Waals surface area contributed by atoms with Gasteiger partial charge in [0.25, 0.3) is 10.0 Å². The molecule has 9 heteroatoms. The summed E-state index contributed by atoms with van der Waals surface area (Å²) in [6.45, 7) is 0.302. The van der Waals surface area contributed by atoms with E-state index in [1.54, 1.807) is 41.8 Å². The van der Waals surface area contributed by atoms with Crippen molar-refractivity contribution in [2.75, 3.05) is 11.3 Å². The summed E-state index contributed by atoms with van der Waals surface area (Å²) in [5.74, 6) is -0.197. The minimum Gasteiger partial charge on any atom is -0.355 e. The average Bonchev–Trinajstić information content (AvgIpc) is 3.26. The number of amides is 2. The van der Waals surface area contributed by atoms with Gasteiger partial charge in [0.15, 0.2) is 0 Å². The summed E-state index contributed by atoms with van der Waals surface area (Å²) < 4.78 is 27.2. The SMILES string of the molecule is O=C(Cc1ccc(NS(=O)(=O)c2cccs2)cc1)NCCC(=O)NC1CCCCC1. The minimum absolute atomic E-state index is 0.0235. The van der Waals surface area contributed by atoms with Crippen molar-refractivity contribution in [2.24, 2.45) is 0 Å². The van der Waals surface area contributed by atoms with Crippen molar-refractivity contribution in [3.8, 4) is 0 Å². The second-order valence-electron chi connectivity index (χ2n) is 7.41. The summed E-state index contributed by atoms with van der Waals surface area (Å²) in [6, 6.07) is 10.2. The van der Waals surface area contributed by atoms with Crippen LogP contribution in [0, 0.1) is 0 Å². The molecule has 0 saturated heterocycles. The first-order valence-electron chi connectivity index (χ1n) is 10.1. The molecule has 0 spiro atoms. The molecule has 0 radical (unpaired) electrons. The zero-order valence-corrected chi connectivity index (χ0v) is 18.4. The third-order valence-electron chi connectivity index (χ3n) is 4.98. The Bertz CT molecular complexity index is 935. The van der Waals surface area contributed by atoms with Crippen LogP contribution in [0.5, 0.6) is 0 Å². The second-order valence-corrected chi connectivity index (χ2v) is 10.3. The highest BCUT2D eigenvalue weighted by atomic mass is 32.2. The fourth-order valence-electron chi connectivity index (χ4n) is 3.42. The summed E-state index contributed by atoms with van der Waals surface area (Å²) in [6.07, 6.45) is 6.08. The minimum atomic E-state index is -3.59. The first-order valence-corrected chi connectivity index (χ1v) is 12.5. The molecule has 162 valence electrons. The first-order chi connectivity index (χ1) is 14.4. The van der Waals surface area contributed by atoms with Gasteiger partial charge in [-0.3, -0.25) is 14.3 Å². The molecule has 3 N–H and O–H groups in total. The van der Waals surface area contributed by atoms with Gasteiger partial charge in [-0.25, -0.2) is 8.42 Å². The summed E-state index contributed by atoms with van der Waals surface area (Å²) in [5.41, 5.74) is 1.20. The van der Waals surface area contributed by atoms with E-state index in [9.17, 15) is 18.0 Å². The van der Waals surface area contributed by atoms with Crippen molar-refractivity contribution in [2.45, 2.75) is 55.2 Å². The molecule has 1 fully saturated rings. The maximum absolute atomic E-state index is 12.2. The zero-order chi connectivity index (χ0) is 21.4. The molecule has 1 heterocycles. The van der Waals surface area contributed by atoms with Crippen LogP contribution in [-0.2, 0) is 26.0 Å². The number of anilines is 1. The van der Waals surface area contributed by atoms with E-state index in [0.717, 1.165) is 42.6 Å². The molecule has 1 aromatic heterocycles. The molecule has 1 saturated carbocycles. The van der Waals surface area contributed by atoms with Crippen molar-refractivity contribution < 1.29 is 18.0 Å². The Morgan fingerprint density at radius 3 is 2.40 bits per heavy atom. The molecule has 0 unspecified atom stereocenters. The Hall–Kier alpha value is -2.39. The van der Waals surface area contributed by atoms with Crippen LogP contribution in [-0.4, -0.2) is 32.8 Å². The number of carbonyl (C=O) groups excluding carboxylic acids is 2. The highest BCUT2D eigenvalue weighted by molar-refractivity contribution is 7.94. The normalized spacial score (nSPS) is 14.8. The predicted octanol–water partition coefficient (Wildman–Crippen LogP) is 3.05. The van der Waals surface area contributed by atoms with E-state index in [4.69, 9.17) is 0 Å². The number of rotatable bonds is 9.